The summed E-state index contributed by atoms with van der Waals surface area (Å²) in [7, 11) is 0. The summed E-state index contributed by atoms with van der Waals surface area (Å²) < 4.78 is 11.4. The molecule has 4 heteroatoms. The molecule has 1 aromatic carbocycles. The maximum atomic E-state index is 12.6. The first-order valence-electron chi connectivity index (χ1n) is 8.63. The third-order valence-electron chi connectivity index (χ3n) is 5.51. The van der Waals surface area contributed by atoms with Gasteiger partial charge in [0, 0.05) is 5.92 Å². The standard InChI is InChI=1S/C20H22O4/c1-20(2,19(22)23-13-6-4-3-5-7-13)11-12-10-14(21)18-16-9-8-15(24-16)17(12)18/h3-7,10,15-18H,8-9,11H2,1-2H3. The number of esters is 1. The largest absolute Gasteiger partial charge is 0.426 e. The summed E-state index contributed by atoms with van der Waals surface area (Å²) in [6.07, 6.45) is 4.54. The number of benzene rings is 1. The van der Waals surface area contributed by atoms with Crippen LogP contribution in [-0.4, -0.2) is 24.0 Å². The van der Waals surface area contributed by atoms with Crippen molar-refractivity contribution in [2.45, 2.75) is 45.3 Å². The number of rotatable bonds is 4. The molecule has 0 amide bonds. The molecule has 24 heavy (non-hydrogen) atoms. The van der Waals surface area contributed by atoms with E-state index in [0.29, 0.717) is 12.2 Å². The maximum Gasteiger partial charge on any atom is 0.317 e. The molecule has 4 rings (SSSR count). The highest BCUT2D eigenvalue weighted by molar-refractivity contribution is 5.97. The van der Waals surface area contributed by atoms with Crippen molar-refractivity contribution in [1.29, 1.82) is 0 Å². The van der Waals surface area contributed by atoms with Crippen LogP contribution >= 0.6 is 0 Å². The first kappa shape index (κ1) is 15.6. The Morgan fingerprint density at radius 2 is 1.83 bits per heavy atom. The molecule has 2 fully saturated rings. The molecule has 4 atom stereocenters. The number of hydrogen-bond acceptors (Lipinski definition) is 4. The van der Waals surface area contributed by atoms with Crippen LogP contribution in [-0.2, 0) is 14.3 Å². The SMILES string of the molecule is CC(C)(CC1=CC(=O)C2C3CCC(O3)C12)C(=O)Oc1ccccc1. The first-order valence-corrected chi connectivity index (χ1v) is 8.63. The smallest absolute Gasteiger partial charge is 0.317 e. The normalized spacial score (nSPS) is 31.1. The molecule has 4 unspecified atom stereocenters. The van der Waals surface area contributed by atoms with E-state index in [1.54, 1.807) is 18.2 Å². The third-order valence-corrected chi connectivity index (χ3v) is 5.51. The summed E-state index contributed by atoms with van der Waals surface area (Å²) in [4.78, 5) is 24.9. The second-order valence-electron chi connectivity index (χ2n) is 7.73. The minimum absolute atomic E-state index is 0.0142. The van der Waals surface area contributed by atoms with Gasteiger partial charge in [-0.2, -0.15) is 0 Å². The Morgan fingerprint density at radius 1 is 1.17 bits per heavy atom. The highest BCUT2D eigenvalue weighted by Crippen LogP contribution is 2.52. The molecule has 2 bridgehead atoms. The van der Waals surface area contributed by atoms with Crippen LogP contribution in [0.5, 0.6) is 5.75 Å². The molecule has 126 valence electrons. The predicted molar refractivity (Wildman–Crippen MR) is 88.4 cm³/mol. The monoisotopic (exact) mass is 326 g/mol. The zero-order valence-electron chi connectivity index (χ0n) is 14.0. The van der Waals surface area contributed by atoms with Crippen molar-refractivity contribution in [3.8, 4) is 5.75 Å². The quantitative estimate of drug-likeness (QED) is 0.629. The second kappa shape index (κ2) is 5.55. The van der Waals surface area contributed by atoms with Crippen LogP contribution in [0.25, 0.3) is 0 Å². The molecule has 3 aliphatic rings. The van der Waals surface area contributed by atoms with Gasteiger partial charge in [-0.05, 0) is 51.3 Å². The van der Waals surface area contributed by atoms with E-state index >= 15 is 0 Å². The summed E-state index contributed by atoms with van der Waals surface area (Å²) in [5, 5.41) is 0. The Bertz CT molecular complexity index is 704. The topological polar surface area (TPSA) is 52.6 Å². The van der Waals surface area contributed by atoms with Crippen LogP contribution in [0.3, 0.4) is 0 Å². The summed E-state index contributed by atoms with van der Waals surface area (Å²) in [5.74, 6) is 0.608. The van der Waals surface area contributed by atoms with Gasteiger partial charge >= 0.3 is 5.97 Å². The number of allylic oxidation sites excluding steroid dienone is 1. The van der Waals surface area contributed by atoms with E-state index in [9.17, 15) is 9.59 Å². The Morgan fingerprint density at radius 3 is 2.54 bits per heavy atom. The highest BCUT2D eigenvalue weighted by Gasteiger charge is 2.56. The molecule has 2 saturated heterocycles. The van der Waals surface area contributed by atoms with Gasteiger partial charge in [-0.3, -0.25) is 9.59 Å². The lowest BCUT2D eigenvalue weighted by Crippen LogP contribution is -2.33. The molecule has 4 nitrogen and oxygen atoms in total. The average Bonchev–Trinajstić information content (AvgIpc) is 3.22. The van der Waals surface area contributed by atoms with E-state index < -0.39 is 5.41 Å². The van der Waals surface area contributed by atoms with Crippen LogP contribution < -0.4 is 4.74 Å². The van der Waals surface area contributed by atoms with Crippen molar-refractivity contribution >= 4 is 11.8 Å². The molecule has 1 aromatic rings. The fourth-order valence-corrected chi connectivity index (χ4v) is 4.37. The van der Waals surface area contributed by atoms with Crippen molar-refractivity contribution in [2.75, 3.05) is 0 Å². The molecular weight excluding hydrogens is 304 g/mol. The van der Waals surface area contributed by atoms with Crippen LogP contribution in [0, 0.1) is 17.3 Å². The number of carbonyl (C=O) groups excluding carboxylic acids is 2. The van der Waals surface area contributed by atoms with Gasteiger partial charge in [0.15, 0.2) is 5.78 Å². The van der Waals surface area contributed by atoms with Gasteiger partial charge in [0.25, 0.3) is 0 Å². The van der Waals surface area contributed by atoms with E-state index in [0.717, 1.165) is 18.4 Å². The summed E-state index contributed by atoms with van der Waals surface area (Å²) in [6.45, 7) is 3.76. The summed E-state index contributed by atoms with van der Waals surface area (Å²) >= 11 is 0. The molecule has 0 aromatic heterocycles. The molecule has 0 saturated carbocycles. The Hall–Kier alpha value is -1.94. The number of fused-ring (bicyclic) bond motifs is 5. The average molecular weight is 326 g/mol. The van der Waals surface area contributed by atoms with Gasteiger partial charge in [-0.15, -0.1) is 0 Å². The van der Waals surface area contributed by atoms with Crippen LogP contribution in [0.2, 0.25) is 0 Å². The zero-order chi connectivity index (χ0) is 16.9. The maximum absolute atomic E-state index is 12.6. The third kappa shape index (κ3) is 2.49. The van der Waals surface area contributed by atoms with E-state index in [1.165, 1.54) is 0 Å². The van der Waals surface area contributed by atoms with Gasteiger partial charge in [-0.25, -0.2) is 0 Å². The van der Waals surface area contributed by atoms with Gasteiger partial charge < -0.3 is 9.47 Å². The lowest BCUT2D eigenvalue weighted by Gasteiger charge is -2.28. The van der Waals surface area contributed by atoms with E-state index in [1.807, 2.05) is 32.0 Å². The molecular formula is C20H22O4. The number of hydrogen-bond donors (Lipinski definition) is 0. The lowest BCUT2D eigenvalue weighted by atomic mass is 9.74. The lowest BCUT2D eigenvalue weighted by molar-refractivity contribution is -0.144. The number of para-hydroxylation sites is 1. The number of carbonyl (C=O) groups is 2. The van der Waals surface area contributed by atoms with Crippen LogP contribution in [0.1, 0.15) is 33.1 Å². The summed E-state index contributed by atoms with van der Waals surface area (Å²) in [5.41, 5.74) is 0.380. The van der Waals surface area contributed by atoms with Crippen LogP contribution in [0.15, 0.2) is 42.0 Å². The minimum atomic E-state index is -0.682. The Labute approximate surface area is 141 Å². The zero-order valence-corrected chi connectivity index (χ0v) is 14.0. The van der Waals surface area contributed by atoms with Gasteiger partial charge in [0.05, 0.1) is 23.5 Å². The van der Waals surface area contributed by atoms with Crippen molar-refractivity contribution in [3.63, 3.8) is 0 Å². The molecule has 2 aliphatic heterocycles. The minimum Gasteiger partial charge on any atom is -0.426 e. The van der Waals surface area contributed by atoms with Crippen molar-refractivity contribution in [2.24, 2.45) is 17.3 Å². The van der Waals surface area contributed by atoms with E-state index in [-0.39, 0.29) is 35.8 Å². The second-order valence-corrected chi connectivity index (χ2v) is 7.73. The highest BCUT2D eigenvalue weighted by atomic mass is 16.5. The predicted octanol–water partition coefficient (Wildman–Crippen LogP) is 3.31. The first-order chi connectivity index (χ1) is 11.5. The number of ether oxygens (including phenoxy) is 2. The number of ketones is 1. The van der Waals surface area contributed by atoms with Crippen molar-refractivity contribution in [1.82, 2.24) is 0 Å². The Balaban J connectivity index is 1.49. The van der Waals surface area contributed by atoms with Gasteiger partial charge in [0.2, 0.25) is 0 Å². The van der Waals surface area contributed by atoms with E-state index in [4.69, 9.17) is 9.47 Å². The van der Waals surface area contributed by atoms with Crippen LogP contribution in [0.4, 0.5) is 0 Å². The molecule has 1 aliphatic carbocycles. The molecule has 0 radical (unpaired) electrons. The van der Waals surface area contributed by atoms with Crippen molar-refractivity contribution in [3.05, 3.63) is 42.0 Å². The van der Waals surface area contributed by atoms with E-state index in [2.05, 4.69) is 0 Å². The molecule has 0 N–H and O–H groups in total. The van der Waals surface area contributed by atoms with Gasteiger partial charge in [-0.1, -0.05) is 23.8 Å². The fourth-order valence-electron chi connectivity index (χ4n) is 4.37. The van der Waals surface area contributed by atoms with Gasteiger partial charge in [0.1, 0.15) is 5.75 Å². The molecule has 0 spiro atoms. The van der Waals surface area contributed by atoms with Crippen molar-refractivity contribution < 1.29 is 19.1 Å². The fraction of sp³-hybridized carbons (Fsp3) is 0.500. The summed E-state index contributed by atoms with van der Waals surface area (Å²) in [6, 6.07) is 9.10. The molecule has 2 heterocycles. The Kier molecular flexibility index (Phi) is 3.61.